The van der Waals surface area contributed by atoms with Gasteiger partial charge < -0.3 is 14.8 Å². The minimum atomic E-state index is 0.0952. The Bertz CT molecular complexity index is 738. The zero-order valence-electron chi connectivity index (χ0n) is 15.6. The first-order valence-corrected chi connectivity index (χ1v) is 9.36. The number of fused-ring (bicyclic) bond motifs is 1. The zero-order chi connectivity index (χ0) is 18.4. The normalized spacial score (nSPS) is 12.4. The third-order valence-electron chi connectivity index (χ3n) is 4.69. The van der Waals surface area contributed by atoms with E-state index in [-0.39, 0.29) is 12.7 Å². The van der Waals surface area contributed by atoms with Crippen LogP contribution < -0.4 is 14.8 Å². The van der Waals surface area contributed by atoms with Gasteiger partial charge in [0.05, 0.1) is 0 Å². The van der Waals surface area contributed by atoms with Gasteiger partial charge in [-0.15, -0.1) is 0 Å². The lowest BCUT2D eigenvalue weighted by molar-refractivity contribution is -0.121. The van der Waals surface area contributed by atoms with Gasteiger partial charge in [0.2, 0.25) is 12.7 Å². The van der Waals surface area contributed by atoms with Crippen molar-refractivity contribution in [3.8, 4) is 11.5 Å². The maximum absolute atomic E-state index is 12.0. The average molecular weight is 353 g/mol. The minimum Gasteiger partial charge on any atom is -0.454 e. The Kier molecular flexibility index (Phi) is 6.16. The Morgan fingerprint density at radius 3 is 2.50 bits per heavy atom. The van der Waals surface area contributed by atoms with Crippen molar-refractivity contribution in [3.05, 3.63) is 59.2 Å². The molecule has 1 aliphatic heterocycles. The first-order chi connectivity index (χ1) is 12.6. The van der Waals surface area contributed by atoms with E-state index in [0.717, 1.165) is 29.9 Å². The first kappa shape index (κ1) is 18.3. The fraction of sp³-hybridized carbons (Fsp3) is 0.409. The second kappa shape index (κ2) is 8.75. The molecule has 0 bridgehead atoms. The molecule has 2 aromatic carbocycles. The predicted molar refractivity (Wildman–Crippen MR) is 103 cm³/mol. The van der Waals surface area contributed by atoms with E-state index in [4.69, 9.17) is 9.47 Å². The molecule has 0 radical (unpaired) electrons. The van der Waals surface area contributed by atoms with Crippen molar-refractivity contribution in [1.29, 1.82) is 0 Å². The molecule has 0 fully saturated rings. The van der Waals surface area contributed by atoms with Crippen LogP contribution in [0.25, 0.3) is 0 Å². The Labute approximate surface area is 155 Å². The standard InChI is InChI=1S/C22H27NO3/c1-16(2)19-9-5-17(6-10-19)4-3-13-23-22(24)12-8-18-7-11-20-21(14-18)26-15-25-20/h5-7,9-11,14,16H,3-4,8,12-13,15H2,1-2H3,(H,23,24). The van der Waals surface area contributed by atoms with Crippen LogP contribution in [0.1, 0.15) is 49.3 Å². The zero-order valence-corrected chi connectivity index (χ0v) is 15.6. The Morgan fingerprint density at radius 2 is 1.73 bits per heavy atom. The van der Waals surface area contributed by atoms with Gasteiger partial charge in [-0.05, 0) is 54.0 Å². The number of ether oxygens (including phenoxy) is 2. The van der Waals surface area contributed by atoms with E-state index < -0.39 is 0 Å². The molecule has 1 N–H and O–H groups in total. The molecule has 0 spiro atoms. The molecular weight excluding hydrogens is 326 g/mol. The number of benzene rings is 2. The summed E-state index contributed by atoms with van der Waals surface area (Å²) in [5, 5.41) is 3.01. The maximum Gasteiger partial charge on any atom is 0.231 e. The van der Waals surface area contributed by atoms with Crippen LogP contribution in [0, 0.1) is 0 Å². The quantitative estimate of drug-likeness (QED) is 0.723. The van der Waals surface area contributed by atoms with Crippen LogP contribution in [-0.4, -0.2) is 19.2 Å². The Morgan fingerprint density at radius 1 is 1.00 bits per heavy atom. The van der Waals surface area contributed by atoms with Crippen LogP contribution in [0.2, 0.25) is 0 Å². The molecule has 0 aliphatic carbocycles. The van der Waals surface area contributed by atoms with E-state index in [1.807, 2.05) is 18.2 Å². The lowest BCUT2D eigenvalue weighted by Crippen LogP contribution is -2.24. The van der Waals surface area contributed by atoms with Gasteiger partial charge in [-0.25, -0.2) is 0 Å². The molecule has 0 saturated carbocycles. The summed E-state index contributed by atoms with van der Waals surface area (Å²) in [6, 6.07) is 14.6. The molecular formula is C22H27NO3. The molecule has 1 heterocycles. The van der Waals surface area contributed by atoms with E-state index in [0.29, 0.717) is 25.3 Å². The largest absolute Gasteiger partial charge is 0.454 e. The summed E-state index contributed by atoms with van der Waals surface area (Å²) in [7, 11) is 0. The number of carbonyl (C=O) groups is 1. The maximum atomic E-state index is 12.0. The summed E-state index contributed by atoms with van der Waals surface area (Å²) in [6.45, 7) is 5.40. The van der Waals surface area contributed by atoms with Gasteiger partial charge in [0.15, 0.2) is 11.5 Å². The number of hydrogen-bond acceptors (Lipinski definition) is 3. The smallest absolute Gasteiger partial charge is 0.231 e. The predicted octanol–water partition coefficient (Wildman–Crippen LogP) is 4.22. The van der Waals surface area contributed by atoms with E-state index in [2.05, 4.69) is 43.4 Å². The summed E-state index contributed by atoms with van der Waals surface area (Å²) in [5.74, 6) is 2.21. The molecule has 4 heteroatoms. The molecule has 0 atom stereocenters. The number of hydrogen-bond donors (Lipinski definition) is 1. The van der Waals surface area contributed by atoms with Gasteiger partial charge in [-0.2, -0.15) is 0 Å². The lowest BCUT2D eigenvalue weighted by Gasteiger charge is -2.08. The minimum absolute atomic E-state index is 0.0952. The van der Waals surface area contributed by atoms with Crippen LogP contribution in [0.15, 0.2) is 42.5 Å². The third-order valence-corrected chi connectivity index (χ3v) is 4.69. The van der Waals surface area contributed by atoms with Crippen LogP contribution in [-0.2, 0) is 17.6 Å². The van der Waals surface area contributed by atoms with Gasteiger partial charge in [-0.3, -0.25) is 4.79 Å². The second-order valence-electron chi connectivity index (χ2n) is 7.04. The summed E-state index contributed by atoms with van der Waals surface area (Å²) in [5.41, 5.74) is 3.78. The highest BCUT2D eigenvalue weighted by molar-refractivity contribution is 5.76. The molecule has 0 unspecified atom stereocenters. The molecule has 1 amide bonds. The number of aryl methyl sites for hydroxylation is 2. The van der Waals surface area contributed by atoms with Crippen molar-refractivity contribution >= 4 is 5.91 Å². The van der Waals surface area contributed by atoms with E-state index >= 15 is 0 Å². The Hall–Kier alpha value is -2.49. The molecule has 0 aromatic heterocycles. The first-order valence-electron chi connectivity index (χ1n) is 9.36. The summed E-state index contributed by atoms with van der Waals surface area (Å²) < 4.78 is 10.7. The van der Waals surface area contributed by atoms with Gasteiger partial charge in [-0.1, -0.05) is 44.2 Å². The van der Waals surface area contributed by atoms with Crippen LogP contribution >= 0.6 is 0 Å². The van der Waals surface area contributed by atoms with Crippen LogP contribution in [0.3, 0.4) is 0 Å². The van der Waals surface area contributed by atoms with Crippen LogP contribution in [0.4, 0.5) is 0 Å². The molecule has 4 nitrogen and oxygen atoms in total. The number of amides is 1. The van der Waals surface area contributed by atoms with Crippen molar-refractivity contribution in [1.82, 2.24) is 5.32 Å². The molecule has 2 aromatic rings. The molecule has 0 saturated heterocycles. The fourth-order valence-corrected chi connectivity index (χ4v) is 3.03. The van der Waals surface area contributed by atoms with Gasteiger partial charge in [0.25, 0.3) is 0 Å². The van der Waals surface area contributed by atoms with Gasteiger partial charge in [0.1, 0.15) is 0 Å². The third kappa shape index (κ3) is 5.01. The summed E-state index contributed by atoms with van der Waals surface area (Å²) >= 11 is 0. The molecule has 1 aliphatic rings. The molecule has 138 valence electrons. The Balaban J connectivity index is 1.34. The highest BCUT2D eigenvalue weighted by atomic mass is 16.7. The van der Waals surface area contributed by atoms with Crippen molar-refractivity contribution in [2.45, 2.75) is 45.4 Å². The van der Waals surface area contributed by atoms with E-state index in [1.165, 1.54) is 11.1 Å². The number of nitrogens with one attached hydrogen (secondary N) is 1. The summed E-state index contributed by atoms with van der Waals surface area (Å²) in [4.78, 5) is 12.0. The van der Waals surface area contributed by atoms with Crippen LogP contribution in [0.5, 0.6) is 11.5 Å². The highest BCUT2D eigenvalue weighted by Crippen LogP contribution is 2.32. The fourth-order valence-electron chi connectivity index (χ4n) is 3.03. The molecule has 3 rings (SSSR count). The number of rotatable bonds is 8. The van der Waals surface area contributed by atoms with Crippen molar-refractivity contribution in [2.24, 2.45) is 0 Å². The van der Waals surface area contributed by atoms with Crippen molar-refractivity contribution in [3.63, 3.8) is 0 Å². The van der Waals surface area contributed by atoms with Crippen molar-refractivity contribution in [2.75, 3.05) is 13.3 Å². The van der Waals surface area contributed by atoms with E-state index in [9.17, 15) is 4.79 Å². The lowest BCUT2D eigenvalue weighted by atomic mass is 10.0. The average Bonchev–Trinajstić information content (AvgIpc) is 3.11. The number of carbonyl (C=O) groups excluding carboxylic acids is 1. The van der Waals surface area contributed by atoms with Gasteiger partial charge in [0, 0.05) is 13.0 Å². The van der Waals surface area contributed by atoms with Crippen molar-refractivity contribution < 1.29 is 14.3 Å². The highest BCUT2D eigenvalue weighted by Gasteiger charge is 2.13. The monoisotopic (exact) mass is 353 g/mol. The topological polar surface area (TPSA) is 47.6 Å². The summed E-state index contributed by atoms with van der Waals surface area (Å²) in [6.07, 6.45) is 3.14. The second-order valence-corrected chi connectivity index (χ2v) is 7.04. The molecule has 26 heavy (non-hydrogen) atoms. The van der Waals surface area contributed by atoms with E-state index in [1.54, 1.807) is 0 Å². The van der Waals surface area contributed by atoms with Gasteiger partial charge >= 0.3 is 0 Å². The SMILES string of the molecule is CC(C)c1ccc(CCCNC(=O)CCc2ccc3c(c2)OCO3)cc1.